The minimum absolute atomic E-state index is 0.129. The Morgan fingerprint density at radius 2 is 2.33 bits per heavy atom. The molecule has 1 rings (SSSR count). The largest absolute Gasteiger partial charge is 0.397 e. The Balaban J connectivity index is 2.51. The monoisotopic (exact) mass is 207 g/mol. The van der Waals surface area contributed by atoms with Crippen LogP contribution in [0, 0.1) is 5.92 Å². The molecule has 15 heavy (non-hydrogen) atoms. The van der Waals surface area contributed by atoms with E-state index in [0.717, 1.165) is 6.42 Å². The molecule has 0 aliphatic heterocycles. The molecular weight excluding hydrogens is 190 g/mol. The molecule has 0 spiro atoms. The van der Waals surface area contributed by atoms with Gasteiger partial charge in [0.25, 0.3) is 5.91 Å². The molecule has 0 bridgehead atoms. The molecular formula is C11H17N3O. The maximum atomic E-state index is 11.6. The first kappa shape index (κ1) is 11.5. The summed E-state index contributed by atoms with van der Waals surface area (Å²) in [6, 6.07) is 1.63. The lowest BCUT2D eigenvalue weighted by Crippen LogP contribution is -2.26. The average Bonchev–Trinajstić information content (AvgIpc) is 2.17. The fourth-order valence-electron chi connectivity index (χ4n) is 1.18. The normalized spacial score (nSPS) is 10.3. The zero-order chi connectivity index (χ0) is 11.3. The molecule has 3 N–H and O–H groups in total. The van der Waals surface area contributed by atoms with Gasteiger partial charge in [-0.05, 0) is 18.4 Å². The lowest BCUT2D eigenvalue weighted by Gasteiger charge is -2.08. The summed E-state index contributed by atoms with van der Waals surface area (Å²) in [5.41, 5.74) is 6.54. The third kappa shape index (κ3) is 3.58. The number of amides is 1. The van der Waals surface area contributed by atoms with Gasteiger partial charge in [-0.25, -0.2) is 0 Å². The average molecular weight is 207 g/mol. The molecule has 0 saturated heterocycles. The van der Waals surface area contributed by atoms with Crippen LogP contribution in [0.2, 0.25) is 0 Å². The molecule has 0 unspecified atom stereocenters. The van der Waals surface area contributed by atoms with Gasteiger partial charge in [-0.3, -0.25) is 9.78 Å². The van der Waals surface area contributed by atoms with E-state index < -0.39 is 0 Å². The molecule has 1 aromatic rings. The summed E-state index contributed by atoms with van der Waals surface area (Å²) in [6.45, 7) is 4.91. The molecule has 1 aromatic heterocycles. The topological polar surface area (TPSA) is 68.0 Å². The lowest BCUT2D eigenvalue weighted by molar-refractivity contribution is 0.0953. The fraction of sp³-hybridized carbons (Fsp3) is 0.455. The Kier molecular flexibility index (Phi) is 4.09. The van der Waals surface area contributed by atoms with Crippen molar-refractivity contribution in [3.8, 4) is 0 Å². The number of hydrogen-bond donors (Lipinski definition) is 2. The molecule has 4 heteroatoms. The van der Waals surface area contributed by atoms with E-state index >= 15 is 0 Å². The fourth-order valence-corrected chi connectivity index (χ4v) is 1.18. The summed E-state index contributed by atoms with van der Waals surface area (Å²) in [5.74, 6) is 0.454. The first-order valence-corrected chi connectivity index (χ1v) is 5.09. The number of nitrogens with one attached hydrogen (secondary N) is 1. The van der Waals surface area contributed by atoms with Gasteiger partial charge in [0.1, 0.15) is 0 Å². The quantitative estimate of drug-likeness (QED) is 0.785. The van der Waals surface area contributed by atoms with Crippen molar-refractivity contribution >= 4 is 11.6 Å². The predicted octanol–water partition coefficient (Wildman–Crippen LogP) is 1.44. The van der Waals surface area contributed by atoms with Gasteiger partial charge in [0, 0.05) is 12.7 Å². The Morgan fingerprint density at radius 3 is 2.93 bits per heavy atom. The van der Waals surface area contributed by atoms with Crippen molar-refractivity contribution in [1.29, 1.82) is 0 Å². The molecule has 82 valence electrons. The third-order valence-corrected chi connectivity index (χ3v) is 2.10. The van der Waals surface area contributed by atoms with Crippen molar-refractivity contribution in [2.45, 2.75) is 20.3 Å². The van der Waals surface area contributed by atoms with E-state index in [-0.39, 0.29) is 5.91 Å². The highest BCUT2D eigenvalue weighted by Gasteiger charge is 2.08. The zero-order valence-electron chi connectivity index (χ0n) is 9.16. The third-order valence-electron chi connectivity index (χ3n) is 2.10. The molecule has 0 aromatic carbocycles. The smallest absolute Gasteiger partial charge is 0.253 e. The van der Waals surface area contributed by atoms with Crippen LogP contribution in [0.3, 0.4) is 0 Å². The van der Waals surface area contributed by atoms with Gasteiger partial charge in [-0.15, -0.1) is 0 Å². The number of nitrogen functional groups attached to an aromatic ring is 1. The van der Waals surface area contributed by atoms with Crippen LogP contribution in [-0.4, -0.2) is 17.4 Å². The molecule has 0 aliphatic rings. The second-order valence-electron chi connectivity index (χ2n) is 3.90. The second-order valence-corrected chi connectivity index (χ2v) is 3.90. The van der Waals surface area contributed by atoms with Crippen LogP contribution in [0.25, 0.3) is 0 Å². The van der Waals surface area contributed by atoms with Gasteiger partial charge in [-0.1, -0.05) is 13.8 Å². The summed E-state index contributed by atoms with van der Waals surface area (Å²) >= 11 is 0. The number of anilines is 1. The summed E-state index contributed by atoms with van der Waals surface area (Å²) in [6.07, 6.45) is 4.02. The Labute approximate surface area is 89.9 Å². The molecule has 0 radical (unpaired) electrons. The number of pyridine rings is 1. The SMILES string of the molecule is CC(C)CCNC(=O)c1ccncc1N. The second kappa shape index (κ2) is 5.34. The van der Waals surface area contributed by atoms with E-state index in [1.54, 1.807) is 12.3 Å². The first-order chi connectivity index (χ1) is 7.11. The minimum Gasteiger partial charge on any atom is -0.397 e. The maximum absolute atomic E-state index is 11.6. The number of rotatable bonds is 4. The van der Waals surface area contributed by atoms with E-state index in [0.29, 0.717) is 23.7 Å². The van der Waals surface area contributed by atoms with Crippen LogP contribution in [0.1, 0.15) is 30.6 Å². The predicted molar refractivity (Wildman–Crippen MR) is 60.4 cm³/mol. The van der Waals surface area contributed by atoms with E-state index in [1.165, 1.54) is 6.20 Å². The first-order valence-electron chi connectivity index (χ1n) is 5.09. The number of carbonyl (C=O) groups excluding carboxylic acids is 1. The van der Waals surface area contributed by atoms with Gasteiger partial charge < -0.3 is 11.1 Å². The standard InChI is InChI=1S/C11H17N3O/c1-8(2)3-6-14-11(15)9-4-5-13-7-10(9)12/h4-5,7-8H,3,6,12H2,1-2H3,(H,14,15). The van der Waals surface area contributed by atoms with Crippen LogP contribution < -0.4 is 11.1 Å². The summed E-state index contributed by atoms with van der Waals surface area (Å²) in [5, 5.41) is 2.82. The van der Waals surface area contributed by atoms with Crippen molar-refractivity contribution in [2.75, 3.05) is 12.3 Å². The van der Waals surface area contributed by atoms with Crippen molar-refractivity contribution < 1.29 is 4.79 Å². The van der Waals surface area contributed by atoms with E-state index in [2.05, 4.69) is 24.1 Å². The van der Waals surface area contributed by atoms with Gasteiger partial charge >= 0.3 is 0 Å². The van der Waals surface area contributed by atoms with Gasteiger partial charge in [0.05, 0.1) is 17.4 Å². The van der Waals surface area contributed by atoms with Gasteiger partial charge in [0.2, 0.25) is 0 Å². The van der Waals surface area contributed by atoms with Crippen LogP contribution in [0.4, 0.5) is 5.69 Å². The molecule has 0 saturated carbocycles. The van der Waals surface area contributed by atoms with Crippen molar-refractivity contribution in [3.63, 3.8) is 0 Å². The lowest BCUT2D eigenvalue weighted by atomic mass is 10.1. The van der Waals surface area contributed by atoms with Crippen LogP contribution in [-0.2, 0) is 0 Å². The number of carbonyl (C=O) groups is 1. The zero-order valence-corrected chi connectivity index (χ0v) is 9.16. The molecule has 0 aliphatic carbocycles. The van der Waals surface area contributed by atoms with Crippen LogP contribution in [0.15, 0.2) is 18.5 Å². The molecule has 1 amide bonds. The highest BCUT2D eigenvalue weighted by molar-refractivity contribution is 5.98. The Hall–Kier alpha value is -1.58. The maximum Gasteiger partial charge on any atom is 0.253 e. The summed E-state index contributed by atoms with van der Waals surface area (Å²) in [7, 11) is 0. The van der Waals surface area contributed by atoms with E-state index in [4.69, 9.17) is 5.73 Å². The van der Waals surface area contributed by atoms with Crippen molar-refractivity contribution in [1.82, 2.24) is 10.3 Å². The number of nitrogens with two attached hydrogens (primary N) is 1. The molecule has 0 atom stereocenters. The minimum atomic E-state index is -0.129. The van der Waals surface area contributed by atoms with Crippen molar-refractivity contribution in [3.05, 3.63) is 24.0 Å². The van der Waals surface area contributed by atoms with Crippen LogP contribution in [0.5, 0.6) is 0 Å². The Bertz CT molecular complexity index is 336. The van der Waals surface area contributed by atoms with Gasteiger partial charge in [-0.2, -0.15) is 0 Å². The highest BCUT2D eigenvalue weighted by Crippen LogP contribution is 2.08. The number of aromatic nitrogens is 1. The van der Waals surface area contributed by atoms with Crippen LogP contribution >= 0.6 is 0 Å². The van der Waals surface area contributed by atoms with Gasteiger partial charge in [0.15, 0.2) is 0 Å². The Morgan fingerprint density at radius 1 is 1.60 bits per heavy atom. The van der Waals surface area contributed by atoms with Crippen molar-refractivity contribution in [2.24, 2.45) is 5.92 Å². The molecule has 4 nitrogen and oxygen atoms in total. The van der Waals surface area contributed by atoms with E-state index in [9.17, 15) is 4.79 Å². The highest BCUT2D eigenvalue weighted by atomic mass is 16.1. The summed E-state index contributed by atoms with van der Waals surface area (Å²) < 4.78 is 0. The summed E-state index contributed by atoms with van der Waals surface area (Å²) in [4.78, 5) is 15.5. The van der Waals surface area contributed by atoms with E-state index in [1.807, 2.05) is 0 Å². The number of hydrogen-bond acceptors (Lipinski definition) is 3. The molecule has 0 fully saturated rings. The number of nitrogens with zero attached hydrogens (tertiary/aromatic N) is 1. The molecule has 1 heterocycles.